The Morgan fingerprint density at radius 2 is 1.79 bits per heavy atom. The summed E-state index contributed by atoms with van der Waals surface area (Å²) in [6.45, 7) is 3.10. The summed E-state index contributed by atoms with van der Waals surface area (Å²) in [5.41, 5.74) is 1.01. The van der Waals surface area contributed by atoms with Gasteiger partial charge in [-0.05, 0) is 17.7 Å². The van der Waals surface area contributed by atoms with Crippen LogP contribution in [-0.2, 0) is 11.3 Å². The van der Waals surface area contributed by atoms with Crippen molar-refractivity contribution in [3.05, 3.63) is 28.0 Å². The van der Waals surface area contributed by atoms with Gasteiger partial charge in [0.25, 0.3) is 0 Å². The third-order valence-electron chi connectivity index (χ3n) is 3.09. The molecule has 0 saturated carbocycles. The van der Waals surface area contributed by atoms with E-state index in [0.29, 0.717) is 23.4 Å². The number of aliphatic hydroxyl groups excluding tert-OH is 1. The number of amides is 1. The Bertz CT molecular complexity index is 442. The second kappa shape index (κ2) is 6.52. The van der Waals surface area contributed by atoms with Crippen LogP contribution in [0.4, 0.5) is 0 Å². The molecule has 0 bridgehead atoms. The molecule has 0 atom stereocenters. The average Bonchev–Trinajstić information content (AvgIpc) is 2.37. The lowest BCUT2D eigenvalue weighted by molar-refractivity contribution is -0.135. The monoisotopic (exact) mass is 303 g/mol. The molecule has 104 valence electrons. The number of carbonyl (C=O) groups excluding carboxylic acids is 1. The van der Waals surface area contributed by atoms with Gasteiger partial charge in [-0.3, -0.25) is 9.69 Å². The van der Waals surface area contributed by atoms with Crippen LogP contribution >= 0.6 is 23.2 Å². The molecule has 1 aliphatic rings. The van der Waals surface area contributed by atoms with Crippen molar-refractivity contribution in [1.29, 1.82) is 0 Å². The van der Waals surface area contributed by atoms with Crippen molar-refractivity contribution in [1.82, 2.24) is 14.8 Å². The molecule has 1 N–H and O–H groups in total. The van der Waals surface area contributed by atoms with Crippen LogP contribution in [0, 0.1) is 0 Å². The maximum Gasteiger partial charge on any atom is 0.248 e. The maximum absolute atomic E-state index is 11.3. The number of nitrogens with zero attached hydrogens (tertiary/aromatic N) is 3. The summed E-state index contributed by atoms with van der Waals surface area (Å²) in [5, 5.41) is 9.58. The summed E-state index contributed by atoms with van der Waals surface area (Å²) in [6, 6.07) is 3.58. The maximum atomic E-state index is 11.3. The first-order valence-corrected chi connectivity index (χ1v) is 6.77. The van der Waals surface area contributed by atoms with Gasteiger partial charge in [0.1, 0.15) is 16.9 Å². The molecular weight excluding hydrogens is 289 g/mol. The third-order valence-corrected chi connectivity index (χ3v) is 3.48. The number of piperazine rings is 1. The lowest BCUT2D eigenvalue weighted by atomic mass is 10.2. The van der Waals surface area contributed by atoms with E-state index in [1.54, 1.807) is 17.0 Å². The summed E-state index contributed by atoms with van der Waals surface area (Å²) in [6.07, 6.45) is 0. The molecule has 7 heteroatoms. The number of rotatable bonds is 3. The molecule has 0 aliphatic carbocycles. The van der Waals surface area contributed by atoms with Gasteiger partial charge in [0, 0.05) is 32.7 Å². The summed E-state index contributed by atoms with van der Waals surface area (Å²) >= 11 is 11.7. The molecular formula is C12H15Cl2N3O2. The van der Waals surface area contributed by atoms with Crippen LogP contribution in [0.5, 0.6) is 0 Å². The van der Waals surface area contributed by atoms with Crippen molar-refractivity contribution >= 4 is 29.1 Å². The van der Waals surface area contributed by atoms with Crippen LogP contribution < -0.4 is 0 Å². The molecule has 2 rings (SSSR count). The highest BCUT2D eigenvalue weighted by Crippen LogP contribution is 2.17. The number of halogens is 2. The van der Waals surface area contributed by atoms with E-state index in [-0.39, 0.29) is 5.91 Å². The first-order valence-electron chi connectivity index (χ1n) is 6.01. The van der Waals surface area contributed by atoms with E-state index in [0.717, 1.165) is 25.2 Å². The third kappa shape index (κ3) is 4.04. The zero-order valence-corrected chi connectivity index (χ0v) is 11.9. The Balaban J connectivity index is 1.90. The molecule has 1 amide bonds. The topological polar surface area (TPSA) is 56.7 Å². The lowest BCUT2D eigenvalue weighted by Crippen LogP contribution is -2.49. The first-order chi connectivity index (χ1) is 9.08. The van der Waals surface area contributed by atoms with Crippen molar-refractivity contribution in [3.63, 3.8) is 0 Å². The van der Waals surface area contributed by atoms with Crippen LogP contribution in [0.25, 0.3) is 0 Å². The van der Waals surface area contributed by atoms with Gasteiger partial charge in [-0.25, -0.2) is 4.98 Å². The Labute approximate surface area is 121 Å². The van der Waals surface area contributed by atoms with Gasteiger partial charge in [-0.15, -0.1) is 0 Å². The zero-order valence-electron chi connectivity index (χ0n) is 10.4. The molecule has 1 saturated heterocycles. The molecule has 0 unspecified atom stereocenters. The number of carbonyl (C=O) groups is 1. The van der Waals surface area contributed by atoms with Crippen LogP contribution in [0.3, 0.4) is 0 Å². The van der Waals surface area contributed by atoms with Crippen LogP contribution in [-0.4, -0.2) is 58.6 Å². The zero-order chi connectivity index (χ0) is 13.8. The lowest BCUT2D eigenvalue weighted by Gasteiger charge is -2.34. The molecule has 5 nitrogen and oxygen atoms in total. The van der Waals surface area contributed by atoms with Gasteiger partial charge in [0.2, 0.25) is 5.91 Å². The normalized spacial score (nSPS) is 16.7. The number of aliphatic hydroxyl groups is 1. The number of pyridine rings is 1. The van der Waals surface area contributed by atoms with E-state index >= 15 is 0 Å². The molecule has 1 fully saturated rings. The summed E-state index contributed by atoms with van der Waals surface area (Å²) in [4.78, 5) is 19.1. The number of hydrogen-bond acceptors (Lipinski definition) is 4. The van der Waals surface area contributed by atoms with Crippen LogP contribution in [0.15, 0.2) is 12.1 Å². The SMILES string of the molecule is O=C(CO)N1CCN(Cc2cc(Cl)nc(Cl)c2)CC1. The molecule has 1 aromatic rings. The number of aromatic nitrogens is 1. The summed E-state index contributed by atoms with van der Waals surface area (Å²) < 4.78 is 0. The second-order valence-corrected chi connectivity index (χ2v) is 5.21. The molecule has 0 aromatic carbocycles. The van der Waals surface area contributed by atoms with E-state index in [2.05, 4.69) is 9.88 Å². The fraction of sp³-hybridized carbons (Fsp3) is 0.500. The molecule has 2 heterocycles. The fourth-order valence-electron chi connectivity index (χ4n) is 2.12. The Hall–Kier alpha value is -0.880. The minimum absolute atomic E-state index is 0.213. The highest BCUT2D eigenvalue weighted by atomic mass is 35.5. The van der Waals surface area contributed by atoms with Gasteiger partial charge in [0.05, 0.1) is 0 Å². The van der Waals surface area contributed by atoms with Crippen LogP contribution in [0.1, 0.15) is 5.56 Å². The summed E-state index contributed by atoms with van der Waals surface area (Å²) in [5.74, 6) is -0.213. The van der Waals surface area contributed by atoms with Gasteiger partial charge < -0.3 is 10.0 Å². The van der Waals surface area contributed by atoms with Crippen molar-refractivity contribution in [2.45, 2.75) is 6.54 Å². The van der Waals surface area contributed by atoms with Crippen molar-refractivity contribution < 1.29 is 9.90 Å². The highest BCUT2D eigenvalue weighted by molar-refractivity contribution is 6.32. The highest BCUT2D eigenvalue weighted by Gasteiger charge is 2.20. The fourth-order valence-corrected chi connectivity index (χ4v) is 2.62. The van der Waals surface area contributed by atoms with E-state index < -0.39 is 6.61 Å². The standard InChI is InChI=1S/C12H15Cl2N3O2/c13-10-5-9(6-11(14)15-10)7-16-1-3-17(4-2-16)12(19)8-18/h5-6,18H,1-4,7-8H2. The van der Waals surface area contributed by atoms with Gasteiger partial charge in [-0.2, -0.15) is 0 Å². The molecule has 1 aliphatic heterocycles. The number of hydrogen-bond donors (Lipinski definition) is 1. The second-order valence-electron chi connectivity index (χ2n) is 4.44. The van der Waals surface area contributed by atoms with Crippen molar-refractivity contribution in [3.8, 4) is 0 Å². The van der Waals surface area contributed by atoms with Crippen molar-refractivity contribution in [2.24, 2.45) is 0 Å². The molecule has 0 radical (unpaired) electrons. The van der Waals surface area contributed by atoms with Gasteiger partial charge >= 0.3 is 0 Å². The first kappa shape index (κ1) is 14.5. The summed E-state index contributed by atoms with van der Waals surface area (Å²) in [7, 11) is 0. The van der Waals surface area contributed by atoms with Crippen molar-refractivity contribution in [2.75, 3.05) is 32.8 Å². The van der Waals surface area contributed by atoms with E-state index in [1.165, 1.54) is 0 Å². The molecule has 1 aromatic heterocycles. The molecule has 0 spiro atoms. The Morgan fingerprint density at radius 1 is 1.21 bits per heavy atom. The van der Waals surface area contributed by atoms with Crippen LogP contribution in [0.2, 0.25) is 10.3 Å². The minimum Gasteiger partial charge on any atom is -0.387 e. The Morgan fingerprint density at radius 3 is 2.32 bits per heavy atom. The van der Waals surface area contributed by atoms with Gasteiger partial charge in [0.15, 0.2) is 0 Å². The van der Waals surface area contributed by atoms with E-state index in [4.69, 9.17) is 28.3 Å². The Kier molecular flexibility index (Phi) is 4.99. The smallest absolute Gasteiger partial charge is 0.248 e. The predicted molar refractivity (Wildman–Crippen MR) is 73.2 cm³/mol. The largest absolute Gasteiger partial charge is 0.387 e. The molecule has 19 heavy (non-hydrogen) atoms. The average molecular weight is 304 g/mol. The quantitative estimate of drug-likeness (QED) is 0.847. The minimum atomic E-state index is -0.421. The van der Waals surface area contributed by atoms with Gasteiger partial charge in [-0.1, -0.05) is 23.2 Å². The predicted octanol–water partition coefficient (Wildman–Crippen LogP) is 1.02. The van der Waals surface area contributed by atoms with E-state index in [1.807, 2.05) is 0 Å². The van der Waals surface area contributed by atoms with E-state index in [9.17, 15) is 4.79 Å².